The Balaban J connectivity index is 1.81. The number of aromatic hydroxyl groups is 1. The van der Waals surface area contributed by atoms with Gasteiger partial charge in [0.25, 0.3) is 0 Å². The van der Waals surface area contributed by atoms with Crippen LogP contribution in [0, 0.1) is 5.92 Å². The van der Waals surface area contributed by atoms with Crippen molar-refractivity contribution >= 4 is 5.91 Å². The van der Waals surface area contributed by atoms with E-state index in [2.05, 4.69) is 17.1 Å². The van der Waals surface area contributed by atoms with Crippen molar-refractivity contribution in [2.24, 2.45) is 5.92 Å². The normalized spacial score (nSPS) is 27.3. The van der Waals surface area contributed by atoms with E-state index in [0.29, 0.717) is 31.8 Å². The lowest BCUT2D eigenvalue weighted by Crippen LogP contribution is -2.56. The molecule has 1 saturated carbocycles. The number of fused-ring (bicyclic) bond motifs is 1. The fraction of sp³-hybridized carbons (Fsp3) is 0.696. The lowest BCUT2D eigenvalue weighted by Gasteiger charge is -2.52. The molecule has 2 aliphatic rings. The molecule has 0 radical (unpaired) electrons. The van der Waals surface area contributed by atoms with E-state index < -0.39 is 5.60 Å². The highest BCUT2D eigenvalue weighted by molar-refractivity contribution is 5.78. The maximum Gasteiger partial charge on any atom is 0.234 e. The van der Waals surface area contributed by atoms with E-state index in [0.717, 1.165) is 50.5 Å². The van der Waals surface area contributed by atoms with Gasteiger partial charge in [0.05, 0.1) is 19.3 Å². The van der Waals surface area contributed by atoms with Gasteiger partial charge in [-0.2, -0.15) is 0 Å². The van der Waals surface area contributed by atoms with Crippen molar-refractivity contribution in [3.63, 3.8) is 0 Å². The van der Waals surface area contributed by atoms with Crippen LogP contribution >= 0.6 is 0 Å². The van der Waals surface area contributed by atoms with Gasteiger partial charge in [-0.05, 0) is 43.4 Å². The average molecular weight is 405 g/mol. The van der Waals surface area contributed by atoms with E-state index in [1.807, 2.05) is 12.1 Å². The number of nitrogens with one attached hydrogen (secondary N) is 1. The third kappa shape index (κ3) is 5.04. The Labute approximate surface area is 174 Å². The fourth-order valence-corrected chi connectivity index (χ4v) is 5.08. The Bertz CT molecular complexity index is 695. The number of amides is 1. The first kappa shape index (κ1) is 21.9. The number of piperidine rings is 1. The van der Waals surface area contributed by atoms with Gasteiger partial charge < -0.3 is 20.3 Å². The van der Waals surface area contributed by atoms with Crippen LogP contribution in [0.4, 0.5) is 0 Å². The smallest absolute Gasteiger partial charge is 0.234 e. The molecule has 0 bridgehead atoms. The van der Waals surface area contributed by atoms with Crippen molar-refractivity contribution in [3.05, 3.63) is 23.8 Å². The van der Waals surface area contributed by atoms with Gasteiger partial charge >= 0.3 is 0 Å². The van der Waals surface area contributed by atoms with Crippen LogP contribution in [0.3, 0.4) is 0 Å². The van der Waals surface area contributed by atoms with Crippen molar-refractivity contribution in [2.75, 3.05) is 26.7 Å². The minimum absolute atomic E-state index is 0.0399. The monoisotopic (exact) mass is 404 g/mol. The number of likely N-dealkylation sites (tertiary alicyclic amines) is 1. The van der Waals surface area contributed by atoms with Crippen LogP contribution in [0.5, 0.6) is 11.5 Å². The maximum absolute atomic E-state index is 12.6. The molecule has 1 aliphatic carbocycles. The summed E-state index contributed by atoms with van der Waals surface area (Å²) in [6.45, 7) is 3.87. The molecule has 3 rings (SSSR count). The molecule has 3 unspecified atom stereocenters. The molecule has 1 saturated heterocycles. The van der Waals surface area contributed by atoms with E-state index in [1.54, 1.807) is 6.07 Å². The van der Waals surface area contributed by atoms with Crippen molar-refractivity contribution in [1.29, 1.82) is 0 Å². The molecule has 0 spiro atoms. The molecular weight excluding hydrogens is 368 g/mol. The summed E-state index contributed by atoms with van der Waals surface area (Å²) in [6, 6.07) is 5.33. The number of phenolic OH excluding ortho intramolecular Hbond substituents is 1. The standard InChI is InChI=1S/C23H36N2O4/c1-3-4-7-13-24-21(27)16-25-14-12-23(28)11-6-5-8-18(23)22(25)17-9-10-19(26)20(15-17)29-2/h9-10,15,18,22,26,28H,3-8,11-14,16H2,1-2H3,(H,24,27). The summed E-state index contributed by atoms with van der Waals surface area (Å²) in [4.78, 5) is 14.8. The van der Waals surface area contributed by atoms with Crippen LogP contribution in [0.2, 0.25) is 0 Å². The highest BCUT2D eigenvalue weighted by Crippen LogP contribution is 2.49. The van der Waals surface area contributed by atoms with Gasteiger partial charge in [0.15, 0.2) is 11.5 Å². The van der Waals surface area contributed by atoms with Gasteiger partial charge in [-0.1, -0.05) is 38.7 Å². The van der Waals surface area contributed by atoms with E-state index in [9.17, 15) is 15.0 Å². The van der Waals surface area contributed by atoms with Crippen molar-refractivity contribution in [2.45, 2.75) is 69.9 Å². The third-order valence-corrected chi connectivity index (χ3v) is 6.67. The molecule has 1 heterocycles. The number of rotatable bonds is 8. The van der Waals surface area contributed by atoms with Gasteiger partial charge in [-0.3, -0.25) is 9.69 Å². The van der Waals surface area contributed by atoms with Crippen LogP contribution in [-0.4, -0.2) is 53.4 Å². The molecule has 3 N–H and O–H groups in total. The number of unbranched alkanes of at least 4 members (excludes halogenated alkanes) is 2. The van der Waals surface area contributed by atoms with Gasteiger partial charge in [0.1, 0.15) is 0 Å². The molecule has 3 atom stereocenters. The summed E-state index contributed by atoms with van der Waals surface area (Å²) < 4.78 is 5.32. The first-order valence-electron chi connectivity index (χ1n) is 11.1. The number of carbonyl (C=O) groups is 1. The van der Waals surface area contributed by atoms with E-state index in [-0.39, 0.29) is 23.6 Å². The molecule has 162 valence electrons. The summed E-state index contributed by atoms with van der Waals surface area (Å²) in [7, 11) is 1.54. The summed E-state index contributed by atoms with van der Waals surface area (Å²) in [5.74, 6) is 0.646. The molecule has 6 heteroatoms. The molecule has 6 nitrogen and oxygen atoms in total. The largest absolute Gasteiger partial charge is 0.504 e. The van der Waals surface area contributed by atoms with Crippen molar-refractivity contribution < 1.29 is 19.7 Å². The predicted octanol–water partition coefficient (Wildman–Crippen LogP) is 3.38. The minimum atomic E-state index is -0.678. The second kappa shape index (κ2) is 9.81. The first-order valence-corrected chi connectivity index (χ1v) is 11.1. The molecule has 2 fully saturated rings. The number of hydrogen-bond acceptors (Lipinski definition) is 5. The van der Waals surface area contributed by atoms with E-state index in [4.69, 9.17) is 4.74 Å². The number of benzene rings is 1. The van der Waals surface area contributed by atoms with Crippen LogP contribution in [-0.2, 0) is 4.79 Å². The van der Waals surface area contributed by atoms with Crippen LogP contribution in [0.1, 0.15) is 69.9 Å². The molecule has 1 aliphatic heterocycles. The van der Waals surface area contributed by atoms with Gasteiger partial charge in [0, 0.05) is 25.0 Å². The van der Waals surface area contributed by atoms with Crippen molar-refractivity contribution in [1.82, 2.24) is 10.2 Å². The summed E-state index contributed by atoms with van der Waals surface area (Å²) in [5, 5.41) is 24.4. The SMILES string of the molecule is CCCCCNC(=O)CN1CCC2(O)CCCCC2C1c1ccc(O)c(OC)c1. The lowest BCUT2D eigenvalue weighted by atomic mass is 9.66. The second-order valence-corrected chi connectivity index (χ2v) is 8.61. The Hall–Kier alpha value is -1.79. The zero-order valence-corrected chi connectivity index (χ0v) is 17.8. The van der Waals surface area contributed by atoms with Crippen LogP contribution < -0.4 is 10.1 Å². The van der Waals surface area contributed by atoms with Gasteiger partial charge in [-0.15, -0.1) is 0 Å². The van der Waals surface area contributed by atoms with Crippen molar-refractivity contribution in [3.8, 4) is 11.5 Å². The highest BCUT2D eigenvalue weighted by Gasteiger charge is 2.49. The maximum atomic E-state index is 12.6. The molecule has 1 amide bonds. The summed E-state index contributed by atoms with van der Waals surface area (Å²) in [6.07, 6.45) is 7.86. The topological polar surface area (TPSA) is 82.0 Å². The van der Waals surface area contributed by atoms with E-state index >= 15 is 0 Å². The van der Waals surface area contributed by atoms with Gasteiger partial charge in [0.2, 0.25) is 5.91 Å². The zero-order chi connectivity index (χ0) is 20.9. The molecule has 1 aromatic carbocycles. The molecule has 1 aromatic rings. The average Bonchev–Trinajstić information content (AvgIpc) is 2.72. The number of carbonyl (C=O) groups excluding carboxylic acids is 1. The second-order valence-electron chi connectivity index (χ2n) is 8.61. The third-order valence-electron chi connectivity index (χ3n) is 6.67. The molecule has 29 heavy (non-hydrogen) atoms. The zero-order valence-electron chi connectivity index (χ0n) is 17.8. The number of nitrogens with zero attached hydrogens (tertiary/aromatic N) is 1. The molecular formula is C23H36N2O4. The summed E-state index contributed by atoms with van der Waals surface area (Å²) >= 11 is 0. The molecule has 0 aromatic heterocycles. The number of hydrogen-bond donors (Lipinski definition) is 3. The number of phenols is 1. The van der Waals surface area contributed by atoms with Gasteiger partial charge in [-0.25, -0.2) is 0 Å². The Morgan fingerprint density at radius 2 is 2.14 bits per heavy atom. The highest BCUT2D eigenvalue weighted by atomic mass is 16.5. The summed E-state index contributed by atoms with van der Waals surface area (Å²) in [5.41, 5.74) is 0.311. The fourth-order valence-electron chi connectivity index (χ4n) is 5.08. The van der Waals surface area contributed by atoms with E-state index in [1.165, 1.54) is 7.11 Å². The number of ether oxygens (including phenoxy) is 1. The number of aliphatic hydroxyl groups is 1. The van der Waals surface area contributed by atoms with Crippen LogP contribution in [0.25, 0.3) is 0 Å². The predicted molar refractivity (Wildman–Crippen MR) is 113 cm³/mol. The Kier molecular flexibility index (Phi) is 7.41. The minimum Gasteiger partial charge on any atom is -0.504 e. The quantitative estimate of drug-likeness (QED) is 0.579. The first-order chi connectivity index (χ1) is 14.0. The van der Waals surface area contributed by atoms with Crippen LogP contribution in [0.15, 0.2) is 18.2 Å². The Morgan fingerprint density at radius 3 is 2.90 bits per heavy atom. The Morgan fingerprint density at radius 1 is 1.31 bits per heavy atom. The number of methoxy groups -OCH3 is 1. The lowest BCUT2D eigenvalue weighted by molar-refractivity contribution is -0.137.